The van der Waals surface area contributed by atoms with Crippen molar-refractivity contribution in [2.24, 2.45) is 0 Å². The number of methoxy groups -OCH3 is 1. The largest absolute Gasteiger partial charge is 0.480 e. The summed E-state index contributed by atoms with van der Waals surface area (Å²) in [6, 6.07) is 3.82. The Balaban J connectivity index is 2.79. The van der Waals surface area contributed by atoms with Crippen molar-refractivity contribution >= 4 is 49.7 Å². The number of carbonyl (C=O) groups excluding carboxylic acids is 2. The SMILES string of the molecule is COC(=O)CCC(NC(=O)c1cc(Br)ccc1Br)C(=O)O. The van der Waals surface area contributed by atoms with Crippen LogP contribution in [0.25, 0.3) is 0 Å². The lowest BCUT2D eigenvalue weighted by Crippen LogP contribution is -2.41. The van der Waals surface area contributed by atoms with E-state index in [1.807, 2.05) is 0 Å². The molecule has 0 aromatic heterocycles. The van der Waals surface area contributed by atoms with Crippen LogP contribution in [0.4, 0.5) is 0 Å². The van der Waals surface area contributed by atoms with Crippen LogP contribution in [0.15, 0.2) is 27.1 Å². The second kappa shape index (κ2) is 8.14. The van der Waals surface area contributed by atoms with Crippen LogP contribution >= 0.6 is 31.9 Å². The minimum absolute atomic E-state index is 0.0423. The summed E-state index contributed by atoms with van der Waals surface area (Å²) in [7, 11) is 1.22. The van der Waals surface area contributed by atoms with E-state index in [0.717, 1.165) is 0 Å². The highest BCUT2D eigenvalue weighted by atomic mass is 79.9. The Bertz CT molecular complexity index is 561. The predicted octanol–water partition coefficient (Wildman–Crippen LogP) is 2.35. The summed E-state index contributed by atoms with van der Waals surface area (Å²) in [4.78, 5) is 34.3. The lowest BCUT2D eigenvalue weighted by atomic mass is 10.1. The topological polar surface area (TPSA) is 92.7 Å². The van der Waals surface area contributed by atoms with Crippen molar-refractivity contribution < 1.29 is 24.2 Å². The van der Waals surface area contributed by atoms with Gasteiger partial charge in [-0.25, -0.2) is 4.79 Å². The fraction of sp³-hybridized carbons (Fsp3) is 0.308. The molecular formula is C13H13Br2NO5. The molecular weight excluding hydrogens is 410 g/mol. The summed E-state index contributed by atoms with van der Waals surface area (Å²) in [6.45, 7) is 0. The monoisotopic (exact) mass is 421 g/mol. The maximum Gasteiger partial charge on any atom is 0.326 e. The maximum atomic E-state index is 12.1. The number of carboxylic acids is 1. The molecule has 0 aliphatic rings. The molecule has 0 fully saturated rings. The third-order valence-electron chi connectivity index (χ3n) is 2.64. The number of hydrogen-bond donors (Lipinski definition) is 2. The van der Waals surface area contributed by atoms with E-state index >= 15 is 0 Å². The first-order valence-electron chi connectivity index (χ1n) is 5.90. The Kier molecular flexibility index (Phi) is 6.83. The van der Waals surface area contributed by atoms with Gasteiger partial charge < -0.3 is 15.2 Å². The molecule has 0 saturated carbocycles. The molecule has 1 amide bonds. The van der Waals surface area contributed by atoms with E-state index in [4.69, 9.17) is 5.11 Å². The van der Waals surface area contributed by atoms with Gasteiger partial charge in [0.05, 0.1) is 12.7 Å². The van der Waals surface area contributed by atoms with Crippen molar-refractivity contribution in [2.75, 3.05) is 7.11 Å². The second-order valence-electron chi connectivity index (χ2n) is 4.10. The Hall–Kier alpha value is -1.41. The molecule has 1 rings (SSSR count). The fourth-order valence-corrected chi connectivity index (χ4v) is 2.32. The first-order chi connectivity index (χ1) is 9.85. The average molecular weight is 423 g/mol. The van der Waals surface area contributed by atoms with Gasteiger partial charge in [0.25, 0.3) is 5.91 Å². The summed E-state index contributed by atoms with van der Waals surface area (Å²) in [5.41, 5.74) is 0.300. The van der Waals surface area contributed by atoms with Gasteiger partial charge in [-0.15, -0.1) is 0 Å². The summed E-state index contributed by atoms with van der Waals surface area (Å²) >= 11 is 6.47. The van der Waals surface area contributed by atoms with Gasteiger partial charge in [-0.2, -0.15) is 0 Å². The number of esters is 1. The van der Waals surface area contributed by atoms with Crippen LogP contribution in [0.5, 0.6) is 0 Å². The van der Waals surface area contributed by atoms with Crippen LogP contribution in [0, 0.1) is 0 Å². The molecule has 114 valence electrons. The number of hydrogen-bond acceptors (Lipinski definition) is 4. The molecule has 0 radical (unpaired) electrons. The number of aliphatic carboxylic acids is 1. The zero-order valence-electron chi connectivity index (χ0n) is 11.1. The first kappa shape index (κ1) is 17.6. The fourth-order valence-electron chi connectivity index (χ4n) is 1.53. The third kappa shape index (κ3) is 5.47. The van der Waals surface area contributed by atoms with Crippen LogP contribution in [0.3, 0.4) is 0 Å². The van der Waals surface area contributed by atoms with Crippen molar-refractivity contribution in [3.63, 3.8) is 0 Å². The molecule has 8 heteroatoms. The number of amides is 1. The summed E-state index contributed by atoms with van der Waals surface area (Å²) < 4.78 is 5.68. The van der Waals surface area contributed by atoms with Gasteiger partial charge in [0.1, 0.15) is 6.04 Å². The number of nitrogens with one attached hydrogen (secondary N) is 1. The van der Waals surface area contributed by atoms with Gasteiger partial charge in [-0.3, -0.25) is 9.59 Å². The number of carboxylic acid groups (broad SMARTS) is 1. The van der Waals surface area contributed by atoms with Crippen molar-refractivity contribution in [1.29, 1.82) is 0 Å². The second-order valence-corrected chi connectivity index (χ2v) is 5.87. The van der Waals surface area contributed by atoms with Crippen molar-refractivity contribution in [2.45, 2.75) is 18.9 Å². The molecule has 0 aliphatic heterocycles. The van der Waals surface area contributed by atoms with Crippen LogP contribution < -0.4 is 5.32 Å². The molecule has 0 spiro atoms. The van der Waals surface area contributed by atoms with E-state index in [-0.39, 0.29) is 12.8 Å². The van der Waals surface area contributed by atoms with Crippen molar-refractivity contribution in [1.82, 2.24) is 5.32 Å². The molecule has 0 heterocycles. The highest BCUT2D eigenvalue weighted by Crippen LogP contribution is 2.21. The van der Waals surface area contributed by atoms with Gasteiger partial charge in [-0.1, -0.05) is 15.9 Å². The molecule has 6 nitrogen and oxygen atoms in total. The molecule has 1 atom stereocenters. The normalized spacial score (nSPS) is 11.6. The van der Waals surface area contributed by atoms with Crippen LogP contribution in [0.2, 0.25) is 0 Å². The maximum absolute atomic E-state index is 12.1. The van der Waals surface area contributed by atoms with Gasteiger partial charge in [0.15, 0.2) is 0 Å². The number of halogens is 2. The van der Waals surface area contributed by atoms with Crippen LogP contribution in [0.1, 0.15) is 23.2 Å². The highest BCUT2D eigenvalue weighted by Gasteiger charge is 2.22. The summed E-state index contributed by atoms with van der Waals surface area (Å²) in [5, 5.41) is 11.5. The molecule has 1 unspecified atom stereocenters. The van der Waals surface area contributed by atoms with Gasteiger partial charge in [0, 0.05) is 15.4 Å². The predicted molar refractivity (Wildman–Crippen MR) is 82.0 cm³/mol. The number of carbonyl (C=O) groups is 3. The standard InChI is InChI=1S/C13H13Br2NO5/c1-21-11(17)5-4-10(13(19)20)16-12(18)8-6-7(14)2-3-9(8)15/h2-3,6,10H,4-5H2,1H3,(H,16,18)(H,19,20). The Labute approximate surface area is 138 Å². The van der Waals surface area contributed by atoms with E-state index in [2.05, 4.69) is 41.9 Å². The van der Waals surface area contributed by atoms with Gasteiger partial charge in [-0.05, 0) is 40.5 Å². The molecule has 1 aromatic rings. The first-order valence-corrected chi connectivity index (χ1v) is 7.49. The minimum atomic E-state index is -1.21. The Morgan fingerprint density at radius 2 is 2.00 bits per heavy atom. The number of rotatable bonds is 6. The van der Waals surface area contributed by atoms with Crippen LogP contribution in [-0.4, -0.2) is 36.1 Å². The van der Waals surface area contributed by atoms with E-state index in [1.54, 1.807) is 18.2 Å². The molecule has 2 N–H and O–H groups in total. The lowest BCUT2D eigenvalue weighted by molar-refractivity contribution is -0.142. The minimum Gasteiger partial charge on any atom is -0.480 e. The quantitative estimate of drug-likeness (QED) is 0.686. The van der Waals surface area contributed by atoms with Crippen molar-refractivity contribution in [3.05, 3.63) is 32.7 Å². The average Bonchev–Trinajstić information content (AvgIpc) is 2.44. The van der Waals surface area contributed by atoms with E-state index < -0.39 is 23.9 Å². The molecule has 21 heavy (non-hydrogen) atoms. The Morgan fingerprint density at radius 3 is 2.57 bits per heavy atom. The molecule has 0 bridgehead atoms. The van der Waals surface area contributed by atoms with Gasteiger partial charge in [0.2, 0.25) is 0 Å². The Morgan fingerprint density at radius 1 is 1.33 bits per heavy atom. The molecule has 0 saturated heterocycles. The highest BCUT2D eigenvalue weighted by molar-refractivity contribution is 9.11. The summed E-state index contributed by atoms with van der Waals surface area (Å²) in [5.74, 6) is -2.28. The molecule has 1 aromatic carbocycles. The smallest absolute Gasteiger partial charge is 0.326 e. The van der Waals surface area contributed by atoms with Crippen molar-refractivity contribution in [3.8, 4) is 0 Å². The van der Waals surface area contributed by atoms with E-state index in [1.165, 1.54) is 7.11 Å². The summed E-state index contributed by atoms with van der Waals surface area (Å²) in [6.07, 6.45) is -0.132. The van der Waals surface area contributed by atoms with E-state index in [0.29, 0.717) is 14.5 Å². The van der Waals surface area contributed by atoms with Crippen LogP contribution in [-0.2, 0) is 14.3 Å². The number of benzene rings is 1. The molecule has 0 aliphatic carbocycles. The third-order valence-corrected chi connectivity index (χ3v) is 3.83. The lowest BCUT2D eigenvalue weighted by Gasteiger charge is -2.14. The zero-order chi connectivity index (χ0) is 16.0. The van der Waals surface area contributed by atoms with Gasteiger partial charge >= 0.3 is 11.9 Å². The zero-order valence-corrected chi connectivity index (χ0v) is 14.2. The van der Waals surface area contributed by atoms with E-state index in [9.17, 15) is 14.4 Å². The number of ether oxygens (including phenoxy) is 1.